The minimum atomic E-state index is -0.298. The monoisotopic (exact) mass is 499 g/mol. The van der Waals surface area contributed by atoms with Gasteiger partial charge in [-0.05, 0) is 50.0 Å². The second-order valence-corrected chi connectivity index (χ2v) is 9.14. The molecule has 6 heteroatoms. The van der Waals surface area contributed by atoms with E-state index in [-0.39, 0.29) is 68.4 Å². The average molecular weight is 500 g/mol. The first kappa shape index (κ1) is 28.8. The van der Waals surface area contributed by atoms with Gasteiger partial charge in [-0.25, -0.2) is 41.3 Å². The van der Waals surface area contributed by atoms with Crippen molar-refractivity contribution in [2.75, 3.05) is 18.4 Å². The third kappa shape index (κ3) is 8.07. The van der Waals surface area contributed by atoms with Crippen molar-refractivity contribution in [1.29, 1.82) is 0 Å². The molecular formula is C28H32KN2O2S-. The summed E-state index contributed by atoms with van der Waals surface area (Å²) in [5.74, 6) is 0.281. The van der Waals surface area contributed by atoms with Gasteiger partial charge >= 0.3 is 51.4 Å². The molecule has 1 aliphatic heterocycles. The van der Waals surface area contributed by atoms with Crippen LogP contribution in [0.25, 0.3) is 5.57 Å². The van der Waals surface area contributed by atoms with Crippen LogP contribution in [-0.4, -0.2) is 29.0 Å². The maximum absolute atomic E-state index is 13.2. The third-order valence-corrected chi connectivity index (χ3v) is 6.76. The fraction of sp³-hybridized carbons (Fsp3) is 0.286. The summed E-state index contributed by atoms with van der Waals surface area (Å²) in [4.78, 5) is 15.1. The molecule has 1 unspecified atom stereocenters. The summed E-state index contributed by atoms with van der Waals surface area (Å²) in [6, 6.07) is 15.9. The molecule has 1 heterocycles. The van der Waals surface area contributed by atoms with Crippen LogP contribution in [0.1, 0.15) is 48.6 Å². The molecule has 174 valence electrons. The molecule has 1 atom stereocenters. The molecule has 1 amide bonds. The number of nitrogens with zero attached hydrogens (tertiary/aromatic N) is 1. The summed E-state index contributed by atoms with van der Waals surface area (Å²) < 4.78 is 0. The first-order chi connectivity index (χ1) is 15.9. The first-order valence-electron chi connectivity index (χ1n) is 11.2. The van der Waals surface area contributed by atoms with Crippen LogP contribution in [0, 0.1) is 19.3 Å². The largest absolute Gasteiger partial charge is 1.00 e. The van der Waals surface area contributed by atoms with Crippen LogP contribution in [0.4, 0.5) is 5.69 Å². The molecule has 0 aromatic heterocycles. The molecule has 1 fully saturated rings. The van der Waals surface area contributed by atoms with Crippen LogP contribution in [0.2, 0.25) is 0 Å². The predicted octanol–water partition coefficient (Wildman–Crippen LogP) is 3.85. The summed E-state index contributed by atoms with van der Waals surface area (Å²) in [5.41, 5.74) is 5.65. The Labute approximate surface area is 251 Å². The van der Waals surface area contributed by atoms with Crippen molar-refractivity contribution in [3.8, 4) is 0 Å². The van der Waals surface area contributed by atoms with Crippen LogP contribution in [0.15, 0.2) is 72.1 Å². The zero-order valence-electron chi connectivity index (χ0n) is 20.6. The van der Waals surface area contributed by atoms with Gasteiger partial charge in [0, 0.05) is 18.8 Å². The van der Waals surface area contributed by atoms with Crippen molar-refractivity contribution >= 4 is 28.9 Å². The Balaban J connectivity index is 0.00000408. The Morgan fingerprint density at radius 3 is 2.50 bits per heavy atom. The number of nitrogens with one attached hydrogen (secondary N) is 1. The van der Waals surface area contributed by atoms with Crippen molar-refractivity contribution in [3.05, 3.63) is 101 Å². The summed E-state index contributed by atoms with van der Waals surface area (Å²) in [6.07, 6.45) is 5.75. The van der Waals surface area contributed by atoms with Crippen molar-refractivity contribution in [2.45, 2.75) is 38.9 Å². The Hall–Kier alpha value is -1.41. The van der Waals surface area contributed by atoms with Crippen molar-refractivity contribution < 1.29 is 61.3 Å². The molecule has 0 spiro atoms. The molecule has 2 aromatic rings. The van der Waals surface area contributed by atoms with Gasteiger partial charge < -0.3 is 15.3 Å². The normalized spacial score (nSPS) is 15.6. The Morgan fingerprint density at radius 1 is 1.21 bits per heavy atom. The van der Waals surface area contributed by atoms with E-state index in [0.29, 0.717) is 0 Å². The maximum Gasteiger partial charge on any atom is 1.00 e. The SMILES string of the molecule is [CH2-]/C(=C\C(C)=[C-]SC(C(=O)N1CCCC1)c1ccccc1)c1ccc(N/C(O)=C\C)c(C)c1.[K+]. The summed E-state index contributed by atoms with van der Waals surface area (Å²) in [5, 5.41) is 15.7. The molecule has 2 N–H and O–H groups in total. The number of anilines is 1. The van der Waals surface area contributed by atoms with Gasteiger partial charge in [-0.15, -0.1) is 17.7 Å². The Kier molecular flexibility index (Phi) is 12.1. The average Bonchev–Trinajstić information content (AvgIpc) is 3.36. The second kappa shape index (κ2) is 14.2. The molecule has 0 aliphatic carbocycles. The van der Waals surface area contributed by atoms with Gasteiger partial charge in [0.25, 0.3) is 0 Å². The third-order valence-electron chi connectivity index (χ3n) is 5.61. The number of thioether (sulfide) groups is 1. The molecule has 4 nitrogen and oxygen atoms in total. The first-order valence-corrected chi connectivity index (χ1v) is 12.1. The number of amides is 1. The van der Waals surface area contributed by atoms with Gasteiger partial charge in [-0.2, -0.15) is 0 Å². The Morgan fingerprint density at radius 2 is 1.88 bits per heavy atom. The van der Waals surface area contributed by atoms with Gasteiger partial charge in [0.1, 0.15) is 0 Å². The Bertz CT molecular complexity index is 1060. The van der Waals surface area contributed by atoms with E-state index >= 15 is 0 Å². The summed E-state index contributed by atoms with van der Waals surface area (Å²) >= 11 is 1.44. The molecule has 1 aliphatic rings. The van der Waals surface area contributed by atoms with E-state index in [1.807, 2.05) is 73.4 Å². The van der Waals surface area contributed by atoms with Gasteiger partial charge in [0.15, 0.2) is 5.88 Å². The van der Waals surface area contributed by atoms with Crippen molar-refractivity contribution in [1.82, 2.24) is 4.90 Å². The molecule has 2 aromatic carbocycles. The minimum Gasteiger partial charge on any atom is -0.495 e. The van der Waals surface area contributed by atoms with E-state index < -0.39 is 0 Å². The van der Waals surface area contributed by atoms with E-state index in [4.69, 9.17) is 0 Å². The smallest absolute Gasteiger partial charge is 0.495 e. The number of carbonyl (C=O) groups is 1. The van der Waals surface area contributed by atoms with Gasteiger partial charge in [-0.3, -0.25) is 4.79 Å². The number of hydrogen-bond acceptors (Lipinski definition) is 4. The van der Waals surface area contributed by atoms with Crippen molar-refractivity contribution in [2.24, 2.45) is 0 Å². The molecular weight excluding hydrogens is 467 g/mol. The fourth-order valence-corrected chi connectivity index (χ4v) is 4.64. The van der Waals surface area contributed by atoms with E-state index in [9.17, 15) is 9.90 Å². The van der Waals surface area contributed by atoms with Crippen LogP contribution >= 0.6 is 11.8 Å². The summed E-state index contributed by atoms with van der Waals surface area (Å²) in [7, 11) is 0. The van der Waals surface area contributed by atoms with Crippen LogP contribution in [0.5, 0.6) is 0 Å². The number of carbonyl (C=O) groups excluding carboxylic acids is 1. The molecule has 34 heavy (non-hydrogen) atoms. The standard InChI is InChI=1S/C28H32N2O2S.K/c1-5-26(31)29-25-14-13-24(18-22(25)4)21(3)17-20(2)19-33-27(23-11-7-6-8-12-23)28(32)30-15-9-10-16-30;/h5-8,11-14,17-18,27,29,31H,3,9-10,15-16H2,1-2,4H3;/q-2;+1/b21-17+,26-5+;. The quantitative estimate of drug-likeness (QED) is 0.251. The van der Waals surface area contributed by atoms with Gasteiger partial charge in [-0.1, -0.05) is 37.3 Å². The molecule has 3 rings (SSSR count). The molecule has 0 bridgehead atoms. The van der Waals surface area contributed by atoms with Gasteiger partial charge in [0.05, 0.1) is 5.25 Å². The second-order valence-electron chi connectivity index (χ2n) is 8.22. The number of rotatable bonds is 8. The number of hydrogen-bond donors (Lipinski definition) is 2. The molecule has 0 radical (unpaired) electrons. The number of aryl methyl sites for hydroxylation is 1. The fourth-order valence-electron chi connectivity index (χ4n) is 3.73. The zero-order valence-corrected chi connectivity index (χ0v) is 24.5. The minimum absolute atomic E-state index is 0. The van der Waals surface area contributed by atoms with E-state index in [1.165, 1.54) is 11.8 Å². The topological polar surface area (TPSA) is 52.6 Å². The maximum atomic E-state index is 13.2. The summed E-state index contributed by atoms with van der Waals surface area (Å²) in [6.45, 7) is 11.6. The number of aliphatic hydroxyl groups excluding tert-OH is 1. The van der Waals surface area contributed by atoms with Gasteiger partial charge in [0.2, 0.25) is 5.91 Å². The number of likely N-dealkylation sites (tertiary alicyclic amines) is 1. The van der Waals surface area contributed by atoms with Crippen LogP contribution in [0.3, 0.4) is 0 Å². The number of aliphatic hydroxyl groups is 1. The predicted molar refractivity (Wildman–Crippen MR) is 140 cm³/mol. The molecule has 1 saturated heterocycles. The van der Waals surface area contributed by atoms with Crippen LogP contribution < -0.4 is 56.7 Å². The van der Waals surface area contributed by atoms with Crippen LogP contribution in [-0.2, 0) is 4.79 Å². The van der Waals surface area contributed by atoms with E-state index in [1.54, 1.807) is 13.0 Å². The molecule has 0 saturated carbocycles. The number of allylic oxidation sites excluding steroid dienone is 4. The number of benzene rings is 2. The van der Waals surface area contributed by atoms with Crippen molar-refractivity contribution in [3.63, 3.8) is 0 Å². The zero-order chi connectivity index (χ0) is 23.8. The van der Waals surface area contributed by atoms with E-state index in [0.717, 1.165) is 59.5 Å². The van der Waals surface area contributed by atoms with E-state index in [2.05, 4.69) is 17.6 Å².